The second-order valence-corrected chi connectivity index (χ2v) is 7.01. The highest BCUT2D eigenvalue weighted by Crippen LogP contribution is 2.39. The van der Waals surface area contributed by atoms with Gasteiger partial charge in [0, 0.05) is 16.5 Å². The molecule has 0 aliphatic carbocycles. The summed E-state index contributed by atoms with van der Waals surface area (Å²) in [4.78, 5) is 15.4. The number of nitrogens with one attached hydrogen (secondary N) is 1. The van der Waals surface area contributed by atoms with Gasteiger partial charge < -0.3 is 15.8 Å². The lowest BCUT2D eigenvalue weighted by Gasteiger charge is -2.17. The number of phenolic OH excluding ortho intramolecular Hbond substituents is 1. The maximum Gasteiger partial charge on any atom is 0.251 e. The van der Waals surface area contributed by atoms with Gasteiger partial charge in [0.05, 0.1) is 5.52 Å². The van der Waals surface area contributed by atoms with Gasteiger partial charge in [0.25, 0.3) is 5.56 Å². The van der Waals surface area contributed by atoms with E-state index in [1.54, 1.807) is 6.07 Å². The Bertz CT molecular complexity index is 1020. The molecule has 136 valence electrons. The number of aromatic nitrogens is 1. The summed E-state index contributed by atoms with van der Waals surface area (Å²) in [5.74, 6) is 0.518. The molecule has 0 aliphatic rings. The summed E-state index contributed by atoms with van der Waals surface area (Å²) in [6.45, 7) is 8.53. The van der Waals surface area contributed by atoms with E-state index in [1.165, 1.54) is 5.56 Å². The number of H-pyrrole nitrogens is 1. The number of aromatic hydroxyl groups is 1. The Morgan fingerprint density at radius 2 is 1.85 bits per heavy atom. The SMILES string of the molecule is CCc1c(C)c2c(-c3ccc([C@@H](C)CN)cc3)c(O)cc(C)c2[nH]c1=O. The van der Waals surface area contributed by atoms with Crippen LogP contribution in [0.5, 0.6) is 5.75 Å². The van der Waals surface area contributed by atoms with Crippen molar-refractivity contribution in [1.29, 1.82) is 0 Å². The van der Waals surface area contributed by atoms with Gasteiger partial charge in [-0.1, -0.05) is 38.1 Å². The lowest BCUT2D eigenvalue weighted by molar-refractivity contribution is 0.477. The highest BCUT2D eigenvalue weighted by Gasteiger charge is 2.18. The minimum atomic E-state index is -0.0515. The summed E-state index contributed by atoms with van der Waals surface area (Å²) in [7, 11) is 0. The molecule has 0 fully saturated rings. The van der Waals surface area contributed by atoms with E-state index in [9.17, 15) is 9.90 Å². The van der Waals surface area contributed by atoms with Gasteiger partial charge in [-0.3, -0.25) is 4.79 Å². The fraction of sp³-hybridized carbons (Fsp3) is 0.318. The first-order valence-corrected chi connectivity index (χ1v) is 9.07. The predicted octanol–water partition coefficient (Wildman–Crippen LogP) is 4.14. The van der Waals surface area contributed by atoms with Gasteiger partial charge in [0.1, 0.15) is 5.75 Å². The summed E-state index contributed by atoms with van der Waals surface area (Å²) in [5, 5.41) is 11.6. The number of fused-ring (bicyclic) bond motifs is 1. The number of pyridine rings is 1. The third kappa shape index (κ3) is 2.90. The standard InChI is InChI=1S/C22H26N2O2/c1-5-17-14(4)19-20(16-8-6-15(7-9-16)13(3)11-23)18(25)10-12(2)21(19)24-22(17)26/h6-10,13,25H,5,11,23H2,1-4H3,(H,24,26)/t13-/m0/s1. The fourth-order valence-corrected chi connectivity index (χ4v) is 3.68. The second-order valence-electron chi connectivity index (χ2n) is 7.01. The van der Waals surface area contributed by atoms with Crippen LogP contribution in [-0.4, -0.2) is 16.6 Å². The predicted molar refractivity (Wildman–Crippen MR) is 108 cm³/mol. The summed E-state index contributed by atoms with van der Waals surface area (Å²) in [5.41, 5.74) is 11.9. The third-order valence-electron chi connectivity index (χ3n) is 5.32. The van der Waals surface area contributed by atoms with Crippen LogP contribution in [-0.2, 0) is 6.42 Å². The quantitative estimate of drug-likeness (QED) is 0.661. The summed E-state index contributed by atoms with van der Waals surface area (Å²) in [6, 6.07) is 9.86. The van der Waals surface area contributed by atoms with Gasteiger partial charge in [-0.15, -0.1) is 0 Å². The zero-order valence-electron chi connectivity index (χ0n) is 15.8. The van der Waals surface area contributed by atoms with Crippen molar-refractivity contribution in [3.05, 3.63) is 62.9 Å². The lowest BCUT2D eigenvalue weighted by atomic mass is 9.91. The van der Waals surface area contributed by atoms with Crippen molar-refractivity contribution >= 4 is 10.9 Å². The molecule has 3 aromatic rings. The van der Waals surface area contributed by atoms with Crippen LogP contribution in [0.4, 0.5) is 0 Å². The van der Waals surface area contributed by atoms with E-state index in [-0.39, 0.29) is 17.2 Å². The number of phenols is 1. The molecule has 1 aromatic heterocycles. The maximum absolute atomic E-state index is 12.4. The Labute approximate surface area is 153 Å². The molecule has 4 nitrogen and oxygen atoms in total. The summed E-state index contributed by atoms with van der Waals surface area (Å²) in [6.07, 6.45) is 0.651. The average molecular weight is 350 g/mol. The molecule has 0 bridgehead atoms. The van der Waals surface area contributed by atoms with Crippen LogP contribution in [0, 0.1) is 13.8 Å². The van der Waals surface area contributed by atoms with Gasteiger partial charge in [-0.05, 0) is 61.1 Å². The topological polar surface area (TPSA) is 79.1 Å². The van der Waals surface area contributed by atoms with Crippen LogP contribution in [0.25, 0.3) is 22.0 Å². The zero-order valence-corrected chi connectivity index (χ0v) is 15.8. The van der Waals surface area contributed by atoms with Crippen LogP contribution in [0.15, 0.2) is 35.1 Å². The van der Waals surface area contributed by atoms with Crippen LogP contribution >= 0.6 is 0 Å². The molecule has 2 aromatic carbocycles. The van der Waals surface area contributed by atoms with E-state index in [4.69, 9.17) is 5.73 Å². The van der Waals surface area contributed by atoms with Crippen molar-refractivity contribution in [2.75, 3.05) is 6.54 Å². The summed E-state index contributed by atoms with van der Waals surface area (Å²) >= 11 is 0. The molecule has 0 unspecified atom stereocenters. The van der Waals surface area contributed by atoms with Crippen LogP contribution in [0.3, 0.4) is 0 Å². The van der Waals surface area contributed by atoms with Gasteiger partial charge in [0.15, 0.2) is 0 Å². The number of aryl methyl sites for hydroxylation is 2. The van der Waals surface area contributed by atoms with E-state index in [2.05, 4.69) is 24.0 Å². The first-order valence-electron chi connectivity index (χ1n) is 9.07. The minimum absolute atomic E-state index is 0.0515. The molecule has 1 atom stereocenters. The van der Waals surface area contributed by atoms with Crippen molar-refractivity contribution in [2.24, 2.45) is 5.73 Å². The van der Waals surface area contributed by atoms with Crippen LogP contribution in [0.2, 0.25) is 0 Å². The van der Waals surface area contributed by atoms with Crippen molar-refractivity contribution < 1.29 is 5.11 Å². The highest BCUT2D eigenvalue weighted by atomic mass is 16.3. The molecule has 4 N–H and O–H groups in total. The van der Waals surface area contributed by atoms with E-state index in [0.29, 0.717) is 13.0 Å². The maximum atomic E-state index is 12.4. The van der Waals surface area contributed by atoms with Crippen molar-refractivity contribution in [2.45, 2.75) is 40.0 Å². The molecule has 0 saturated carbocycles. The van der Waals surface area contributed by atoms with Gasteiger partial charge in [0.2, 0.25) is 0 Å². The molecule has 0 aliphatic heterocycles. The smallest absolute Gasteiger partial charge is 0.251 e. The van der Waals surface area contributed by atoms with Gasteiger partial charge in [-0.25, -0.2) is 0 Å². The number of benzene rings is 2. The Hall–Kier alpha value is -2.59. The number of hydrogen-bond acceptors (Lipinski definition) is 3. The van der Waals surface area contributed by atoms with E-state index in [1.807, 2.05) is 32.9 Å². The van der Waals surface area contributed by atoms with Crippen molar-refractivity contribution in [3.63, 3.8) is 0 Å². The largest absolute Gasteiger partial charge is 0.507 e. The first kappa shape index (κ1) is 18.2. The summed E-state index contributed by atoms with van der Waals surface area (Å²) < 4.78 is 0. The number of rotatable bonds is 4. The number of hydrogen-bond donors (Lipinski definition) is 3. The molecule has 4 heteroatoms. The zero-order chi connectivity index (χ0) is 19.0. The second kappa shape index (κ2) is 6.96. The molecule has 0 spiro atoms. The van der Waals surface area contributed by atoms with Crippen LogP contribution in [0.1, 0.15) is 42.0 Å². The fourth-order valence-electron chi connectivity index (χ4n) is 3.68. The molecular weight excluding hydrogens is 324 g/mol. The molecule has 26 heavy (non-hydrogen) atoms. The van der Waals surface area contributed by atoms with Gasteiger partial charge >= 0.3 is 0 Å². The number of nitrogens with two attached hydrogens (primary N) is 1. The Morgan fingerprint density at radius 3 is 2.42 bits per heavy atom. The Kier molecular flexibility index (Phi) is 4.88. The molecule has 0 radical (unpaired) electrons. The van der Waals surface area contributed by atoms with Crippen molar-refractivity contribution in [3.8, 4) is 16.9 Å². The molecule has 0 amide bonds. The van der Waals surface area contributed by atoms with Crippen molar-refractivity contribution in [1.82, 2.24) is 4.98 Å². The average Bonchev–Trinajstić information content (AvgIpc) is 2.63. The monoisotopic (exact) mass is 350 g/mol. The molecule has 0 saturated heterocycles. The molecular formula is C22H26N2O2. The molecule has 1 heterocycles. The normalized spacial score (nSPS) is 12.5. The van der Waals surface area contributed by atoms with E-state index in [0.717, 1.165) is 38.7 Å². The minimum Gasteiger partial charge on any atom is -0.507 e. The van der Waals surface area contributed by atoms with E-state index >= 15 is 0 Å². The Morgan fingerprint density at radius 1 is 1.19 bits per heavy atom. The Balaban J connectivity index is 2.34. The lowest BCUT2D eigenvalue weighted by Crippen LogP contribution is -2.15. The first-order chi connectivity index (χ1) is 12.4. The van der Waals surface area contributed by atoms with Crippen LogP contribution < -0.4 is 11.3 Å². The molecule has 3 rings (SSSR count). The highest BCUT2D eigenvalue weighted by molar-refractivity contribution is 6.01. The third-order valence-corrected chi connectivity index (χ3v) is 5.32. The van der Waals surface area contributed by atoms with E-state index < -0.39 is 0 Å². The number of aromatic amines is 1. The van der Waals surface area contributed by atoms with Gasteiger partial charge in [-0.2, -0.15) is 0 Å².